The van der Waals surface area contributed by atoms with E-state index in [0.717, 1.165) is 0 Å². The Morgan fingerprint density at radius 2 is 2.08 bits per heavy atom. The second-order valence-corrected chi connectivity index (χ2v) is 3.04. The highest BCUT2D eigenvalue weighted by atomic mass is 35.5. The van der Waals surface area contributed by atoms with Crippen LogP contribution in [0, 0.1) is 0 Å². The molecule has 1 aromatic rings. The van der Waals surface area contributed by atoms with E-state index in [1.54, 1.807) is 0 Å². The van der Waals surface area contributed by atoms with Crippen LogP contribution in [0.2, 0.25) is 10.2 Å². The quantitative estimate of drug-likeness (QED) is 0.789. The van der Waals surface area contributed by atoms with Gasteiger partial charge in [-0.05, 0) is 5.56 Å². The largest absolute Gasteiger partial charge is 0.326 e. The molecule has 1 heterocycles. The minimum absolute atomic E-state index is 0.0381. The highest BCUT2D eigenvalue weighted by Crippen LogP contribution is 2.33. The SMILES string of the molecule is NCc1cnc(Cl)c(Cl)c1C(F)F. The van der Waals surface area contributed by atoms with Gasteiger partial charge in [-0.2, -0.15) is 0 Å². The summed E-state index contributed by atoms with van der Waals surface area (Å²) >= 11 is 11.0. The van der Waals surface area contributed by atoms with Crippen molar-refractivity contribution in [2.45, 2.75) is 13.0 Å². The molecule has 0 aliphatic rings. The van der Waals surface area contributed by atoms with Crippen LogP contribution in [0.5, 0.6) is 0 Å². The lowest BCUT2D eigenvalue weighted by molar-refractivity contribution is 0.150. The zero-order valence-corrected chi connectivity index (χ0v) is 7.91. The number of hydrogen-bond donors (Lipinski definition) is 1. The molecule has 0 aliphatic heterocycles. The Labute approximate surface area is 83.7 Å². The van der Waals surface area contributed by atoms with Crippen molar-refractivity contribution < 1.29 is 8.78 Å². The maximum atomic E-state index is 12.4. The highest BCUT2D eigenvalue weighted by Gasteiger charge is 2.19. The first-order valence-corrected chi connectivity index (χ1v) is 4.14. The highest BCUT2D eigenvalue weighted by molar-refractivity contribution is 6.41. The number of hydrogen-bond acceptors (Lipinski definition) is 2. The molecule has 0 aliphatic carbocycles. The predicted octanol–water partition coefficient (Wildman–Crippen LogP) is 2.78. The molecule has 1 rings (SSSR count). The molecule has 0 bridgehead atoms. The van der Waals surface area contributed by atoms with E-state index >= 15 is 0 Å². The Morgan fingerprint density at radius 3 is 2.54 bits per heavy atom. The topological polar surface area (TPSA) is 38.9 Å². The van der Waals surface area contributed by atoms with Gasteiger partial charge in [-0.3, -0.25) is 0 Å². The molecule has 0 unspecified atom stereocenters. The van der Waals surface area contributed by atoms with Gasteiger partial charge >= 0.3 is 0 Å². The second kappa shape index (κ2) is 4.17. The first-order valence-electron chi connectivity index (χ1n) is 3.39. The van der Waals surface area contributed by atoms with Crippen molar-refractivity contribution in [3.63, 3.8) is 0 Å². The van der Waals surface area contributed by atoms with Gasteiger partial charge in [0.15, 0.2) is 0 Å². The zero-order valence-electron chi connectivity index (χ0n) is 6.40. The third-order valence-electron chi connectivity index (χ3n) is 1.54. The molecule has 0 fully saturated rings. The zero-order chi connectivity index (χ0) is 10.0. The van der Waals surface area contributed by atoms with Gasteiger partial charge in [0, 0.05) is 18.3 Å². The summed E-state index contributed by atoms with van der Waals surface area (Å²) in [5.41, 5.74) is 5.12. The fourth-order valence-electron chi connectivity index (χ4n) is 0.911. The van der Waals surface area contributed by atoms with E-state index in [1.165, 1.54) is 6.20 Å². The van der Waals surface area contributed by atoms with Crippen molar-refractivity contribution >= 4 is 23.2 Å². The van der Waals surface area contributed by atoms with Crippen LogP contribution in [0.15, 0.2) is 6.20 Å². The number of rotatable bonds is 2. The summed E-state index contributed by atoms with van der Waals surface area (Å²) in [4.78, 5) is 3.61. The van der Waals surface area contributed by atoms with E-state index in [1.807, 2.05) is 0 Å². The van der Waals surface area contributed by atoms with E-state index in [0.29, 0.717) is 0 Å². The third kappa shape index (κ3) is 2.07. The van der Waals surface area contributed by atoms with E-state index in [4.69, 9.17) is 28.9 Å². The van der Waals surface area contributed by atoms with Gasteiger partial charge < -0.3 is 5.73 Å². The van der Waals surface area contributed by atoms with Crippen LogP contribution in [0.4, 0.5) is 8.78 Å². The van der Waals surface area contributed by atoms with E-state index in [9.17, 15) is 8.78 Å². The standard InChI is InChI=1S/C7H6Cl2F2N2/c8-5-4(7(10)11)3(1-12)2-13-6(5)9/h2,7H,1,12H2. The first kappa shape index (κ1) is 10.6. The molecule has 0 saturated carbocycles. The van der Waals surface area contributed by atoms with E-state index < -0.39 is 6.43 Å². The molecule has 0 atom stereocenters. The molecule has 0 aromatic carbocycles. The van der Waals surface area contributed by atoms with Gasteiger partial charge in [-0.15, -0.1) is 0 Å². The van der Waals surface area contributed by atoms with Gasteiger partial charge in [0.25, 0.3) is 6.43 Å². The van der Waals surface area contributed by atoms with Crippen LogP contribution in [0.25, 0.3) is 0 Å². The summed E-state index contributed by atoms with van der Waals surface area (Å²) < 4.78 is 24.9. The summed E-state index contributed by atoms with van der Waals surface area (Å²) in [6, 6.07) is 0. The van der Waals surface area contributed by atoms with Crippen LogP contribution >= 0.6 is 23.2 Å². The number of aromatic nitrogens is 1. The lowest BCUT2D eigenvalue weighted by Gasteiger charge is -2.08. The lowest BCUT2D eigenvalue weighted by Crippen LogP contribution is -2.04. The molecule has 13 heavy (non-hydrogen) atoms. The van der Waals surface area contributed by atoms with Crippen LogP contribution in [-0.4, -0.2) is 4.98 Å². The van der Waals surface area contributed by atoms with Crippen molar-refractivity contribution in [2.75, 3.05) is 0 Å². The molecule has 0 amide bonds. The summed E-state index contributed by atoms with van der Waals surface area (Å²) in [7, 11) is 0. The predicted molar refractivity (Wildman–Crippen MR) is 47.1 cm³/mol. The van der Waals surface area contributed by atoms with Crippen molar-refractivity contribution in [1.29, 1.82) is 0 Å². The minimum atomic E-state index is -2.69. The number of halogens is 4. The van der Waals surface area contributed by atoms with Crippen molar-refractivity contribution in [2.24, 2.45) is 5.73 Å². The molecule has 0 radical (unpaired) electrons. The fourth-order valence-corrected chi connectivity index (χ4v) is 1.31. The molecule has 0 spiro atoms. The van der Waals surface area contributed by atoms with Gasteiger partial charge in [0.2, 0.25) is 0 Å². The summed E-state index contributed by atoms with van der Waals surface area (Å²) in [6.45, 7) is -0.0381. The lowest BCUT2D eigenvalue weighted by atomic mass is 10.1. The van der Waals surface area contributed by atoms with Crippen LogP contribution in [0.1, 0.15) is 17.6 Å². The average Bonchev–Trinajstić information content (AvgIpc) is 2.08. The van der Waals surface area contributed by atoms with E-state index in [-0.39, 0.29) is 27.8 Å². The van der Waals surface area contributed by atoms with Crippen LogP contribution in [0.3, 0.4) is 0 Å². The number of pyridine rings is 1. The Hall–Kier alpha value is -0.450. The Balaban J connectivity index is 3.32. The average molecular weight is 227 g/mol. The monoisotopic (exact) mass is 226 g/mol. The minimum Gasteiger partial charge on any atom is -0.326 e. The van der Waals surface area contributed by atoms with Crippen molar-refractivity contribution in [3.8, 4) is 0 Å². The fraction of sp³-hybridized carbons (Fsp3) is 0.286. The van der Waals surface area contributed by atoms with Gasteiger partial charge in [-0.1, -0.05) is 23.2 Å². The Morgan fingerprint density at radius 1 is 1.46 bits per heavy atom. The number of alkyl halides is 2. The maximum absolute atomic E-state index is 12.4. The molecule has 72 valence electrons. The second-order valence-electron chi connectivity index (χ2n) is 2.31. The third-order valence-corrected chi connectivity index (χ3v) is 2.30. The molecule has 1 aromatic heterocycles. The summed E-state index contributed by atoms with van der Waals surface area (Å²) in [5.74, 6) is 0. The Kier molecular flexibility index (Phi) is 3.41. The summed E-state index contributed by atoms with van der Waals surface area (Å²) in [6.07, 6.45) is -1.48. The molecule has 0 saturated heterocycles. The van der Waals surface area contributed by atoms with Crippen molar-refractivity contribution in [1.82, 2.24) is 4.98 Å². The molecular weight excluding hydrogens is 221 g/mol. The molecule has 6 heteroatoms. The first-order chi connectivity index (χ1) is 6.07. The van der Waals surface area contributed by atoms with Crippen LogP contribution in [-0.2, 0) is 6.54 Å². The van der Waals surface area contributed by atoms with Crippen LogP contribution < -0.4 is 5.73 Å². The summed E-state index contributed by atoms with van der Waals surface area (Å²) in [5, 5.41) is -0.353. The van der Waals surface area contributed by atoms with Gasteiger partial charge in [0.05, 0.1) is 5.02 Å². The number of nitrogens with two attached hydrogens (primary N) is 1. The molecule has 2 N–H and O–H groups in total. The Bertz CT molecular complexity index is 318. The molecular formula is C7H6Cl2F2N2. The maximum Gasteiger partial charge on any atom is 0.265 e. The van der Waals surface area contributed by atoms with Gasteiger partial charge in [0.1, 0.15) is 5.15 Å². The smallest absolute Gasteiger partial charge is 0.265 e. The van der Waals surface area contributed by atoms with E-state index in [2.05, 4.69) is 4.98 Å². The van der Waals surface area contributed by atoms with Gasteiger partial charge in [-0.25, -0.2) is 13.8 Å². The van der Waals surface area contributed by atoms with Crippen molar-refractivity contribution in [3.05, 3.63) is 27.5 Å². The normalized spacial score (nSPS) is 10.9. The number of nitrogens with zero attached hydrogens (tertiary/aromatic N) is 1. The molecule has 2 nitrogen and oxygen atoms in total.